The van der Waals surface area contributed by atoms with E-state index in [-0.39, 0.29) is 35.8 Å². The van der Waals surface area contributed by atoms with Gasteiger partial charge in [-0.3, -0.25) is 14.6 Å². The molecule has 2 aliphatic heterocycles. The fraction of sp³-hybridized carbons (Fsp3) is 0.667. The molecule has 0 saturated carbocycles. The Bertz CT molecular complexity index is 743. The first-order valence-electron chi connectivity index (χ1n) is 11.9. The van der Waals surface area contributed by atoms with Crippen molar-refractivity contribution in [3.63, 3.8) is 0 Å². The van der Waals surface area contributed by atoms with Crippen LogP contribution in [-0.2, 0) is 17.9 Å². The number of likely N-dealkylation sites (tertiary alicyclic amines) is 2. The number of aliphatic imine (C=N–C) groups is 1. The van der Waals surface area contributed by atoms with Gasteiger partial charge in [0.1, 0.15) is 0 Å². The summed E-state index contributed by atoms with van der Waals surface area (Å²) in [5.74, 6) is 0.700. The van der Waals surface area contributed by atoms with Crippen LogP contribution in [0.3, 0.4) is 0 Å². The smallest absolute Gasteiger partial charge is 0.221 e. The molecular formula is C24H41IN6O. The van der Waals surface area contributed by atoms with Gasteiger partial charge in [0.15, 0.2) is 5.96 Å². The number of carbonyl (C=O) groups is 1. The molecule has 2 atom stereocenters. The van der Waals surface area contributed by atoms with Gasteiger partial charge in [0.2, 0.25) is 5.91 Å². The van der Waals surface area contributed by atoms with Gasteiger partial charge < -0.3 is 16.4 Å². The summed E-state index contributed by atoms with van der Waals surface area (Å²) >= 11 is 0. The predicted octanol–water partition coefficient (Wildman–Crippen LogP) is 2.54. The van der Waals surface area contributed by atoms with Crippen LogP contribution in [0.25, 0.3) is 0 Å². The number of nitrogens with two attached hydrogens (primary N) is 1. The van der Waals surface area contributed by atoms with Crippen LogP contribution in [0.1, 0.15) is 50.7 Å². The summed E-state index contributed by atoms with van der Waals surface area (Å²) in [6, 6.07) is 9.23. The maximum absolute atomic E-state index is 11.5. The number of nitrogens with zero attached hydrogens (tertiary/aromatic N) is 3. The molecule has 0 bridgehead atoms. The number of hydrogen-bond donors (Lipinski definition) is 3. The molecule has 0 aromatic heterocycles. The number of carbonyl (C=O) groups excluding carboxylic acids is 1. The molecule has 0 radical (unpaired) electrons. The second kappa shape index (κ2) is 14.0. The van der Waals surface area contributed by atoms with E-state index in [0.29, 0.717) is 12.6 Å². The molecule has 2 unspecified atom stereocenters. The lowest BCUT2D eigenvalue weighted by atomic mass is 9.97. The molecule has 1 amide bonds. The number of primary amides is 1. The predicted molar refractivity (Wildman–Crippen MR) is 142 cm³/mol. The normalized spacial score (nSPS) is 22.4. The Morgan fingerprint density at radius 3 is 2.69 bits per heavy atom. The minimum atomic E-state index is -0.170. The fourth-order valence-corrected chi connectivity index (χ4v) is 4.79. The molecule has 2 fully saturated rings. The molecule has 2 heterocycles. The summed E-state index contributed by atoms with van der Waals surface area (Å²) in [6.45, 7) is 11.7. The molecule has 0 spiro atoms. The van der Waals surface area contributed by atoms with E-state index in [0.717, 1.165) is 58.1 Å². The van der Waals surface area contributed by atoms with Crippen LogP contribution in [0, 0.1) is 5.92 Å². The van der Waals surface area contributed by atoms with Crippen LogP contribution in [-0.4, -0.2) is 67.0 Å². The zero-order valence-electron chi connectivity index (χ0n) is 19.7. The number of benzene rings is 1. The average molecular weight is 557 g/mol. The SMILES string of the molecule is CCNC(=NCc1cccc(CN2CCCC(C(N)=O)C2)c1)NCC1CCCN1CC.I. The summed E-state index contributed by atoms with van der Waals surface area (Å²) < 4.78 is 0. The van der Waals surface area contributed by atoms with Gasteiger partial charge in [-0.1, -0.05) is 31.2 Å². The lowest BCUT2D eigenvalue weighted by Crippen LogP contribution is -2.44. The van der Waals surface area contributed by atoms with Gasteiger partial charge in [-0.05, 0) is 63.4 Å². The molecule has 3 rings (SSSR count). The minimum absolute atomic E-state index is 0. The molecule has 32 heavy (non-hydrogen) atoms. The second-order valence-corrected chi connectivity index (χ2v) is 8.80. The van der Waals surface area contributed by atoms with E-state index in [2.05, 4.69) is 58.5 Å². The van der Waals surface area contributed by atoms with Crippen molar-refractivity contribution in [2.75, 3.05) is 39.3 Å². The molecule has 2 aliphatic rings. The maximum Gasteiger partial charge on any atom is 0.221 e. The molecule has 8 heteroatoms. The molecule has 2 saturated heterocycles. The molecule has 1 aromatic rings. The van der Waals surface area contributed by atoms with Gasteiger partial charge in [-0.25, -0.2) is 4.99 Å². The fourth-order valence-electron chi connectivity index (χ4n) is 4.79. The van der Waals surface area contributed by atoms with E-state index in [1.165, 1.54) is 30.5 Å². The first-order valence-corrected chi connectivity index (χ1v) is 11.9. The highest BCUT2D eigenvalue weighted by Crippen LogP contribution is 2.19. The third-order valence-corrected chi connectivity index (χ3v) is 6.48. The Hall–Kier alpha value is -1.39. The van der Waals surface area contributed by atoms with Crippen molar-refractivity contribution in [2.24, 2.45) is 16.6 Å². The van der Waals surface area contributed by atoms with Crippen LogP contribution in [0.15, 0.2) is 29.3 Å². The maximum atomic E-state index is 11.5. The number of piperidine rings is 1. The average Bonchev–Trinajstić information content (AvgIpc) is 3.24. The number of nitrogens with one attached hydrogen (secondary N) is 2. The monoisotopic (exact) mass is 556 g/mol. The quantitative estimate of drug-likeness (QED) is 0.247. The third-order valence-electron chi connectivity index (χ3n) is 6.48. The van der Waals surface area contributed by atoms with Crippen molar-refractivity contribution in [1.29, 1.82) is 0 Å². The van der Waals surface area contributed by atoms with Gasteiger partial charge in [0.05, 0.1) is 12.5 Å². The van der Waals surface area contributed by atoms with Crippen LogP contribution >= 0.6 is 24.0 Å². The molecule has 4 N–H and O–H groups in total. The van der Waals surface area contributed by atoms with Crippen molar-refractivity contribution in [1.82, 2.24) is 20.4 Å². The Morgan fingerprint density at radius 1 is 1.16 bits per heavy atom. The summed E-state index contributed by atoms with van der Waals surface area (Å²) in [5.41, 5.74) is 7.99. The summed E-state index contributed by atoms with van der Waals surface area (Å²) in [4.78, 5) is 21.3. The van der Waals surface area contributed by atoms with Gasteiger partial charge in [-0.15, -0.1) is 24.0 Å². The van der Waals surface area contributed by atoms with Crippen molar-refractivity contribution in [3.05, 3.63) is 35.4 Å². The number of amides is 1. The Labute approximate surface area is 210 Å². The van der Waals surface area contributed by atoms with Crippen LogP contribution in [0.4, 0.5) is 0 Å². The number of rotatable bonds is 9. The largest absolute Gasteiger partial charge is 0.369 e. The van der Waals surface area contributed by atoms with Crippen molar-refractivity contribution < 1.29 is 4.79 Å². The highest BCUT2D eigenvalue weighted by molar-refractivity contribution is 14.0. The van der Waals surface area contributed by atoms with Crippen molar-refractivity contribution in [2.45, 2.75) is 58.7 Å². The van der Waals surface area contributed by atoms with Gasteiger partial charge in [-0.2, -0.15) is 0 Å². The Kier molecular flexibility index (Phi) is 11.7. The topological polar surface area (TPSA) is 86.0 Å². The lowest BCUT2D eigenvalue weighted by molar-refractivity contribution is -0.123. The van der Waals surface area contributed by atoms with Crippen LogP contribution in [0.2, 0.25) is 0 Å². The minimum Gasteiger partial charge on any atom is -0.369 e. The summed E-state index contributed by atoms with van der Waals surface area (Å²) in [5, 5.41) is 6.91. The van der Waals surface area contributed by atoms with Crippen molar-refractivity contribution in [3.8, 4) is 0 Å². The summed E-state index contributed by atoms with van der Waals surface area (Å²) in [6.07, 6.45) is 4.50. The van der Waals surface area contributed by atoms with Crippen LogP contribution < -0.4 is 16.4 Å². The molecule has 0 aliphatic carbocycles. The first kappa shape index (κ1) is 26.9. The summed E-state index contributed by atoms with van der Waals surface area (Å²) in [7, 11) is 0. The highest BCUT2D eigenvalue weighted by Gasteiger charge is 2.24. The highest BCUT2D eigenvalue weighted by atomic mass is 127. The van der Waals surface area contributed by atoms with Crippen molar-refractivity contribution >= 4 is 35.8 Å². The number of likely N-dealkylation sites (N-methyl/N-ethyl adjacent to an activating group) is 1. The van der Waals surface area contributed by atoms with E-state index in [1.54, 1.807) is 0 Å². The standard InChI is InChI=1S/C24H40N6O.HI/c1-3-26-24(28-16-22-11-7-13-30(22)4-2)27-15-19-8-5-9-20(14-19)17-29-12-6-10-21(18-29)23(25)31;/h5,8-9,14,21-22H,3-4,6-7,10-13,15-18H2,1-2H3,(H2,25,31)(H2,26,27,28);1H. The van der Waals surface area contributed by atoms with E-state index in [4.69, 9.17) is 10.7 Å². The number of hydrogen-bond acceptors (Lipinski definition) is 4. The van der Waals surface area contributed by atoms with Gasteiger partial charge in [0, 0.05) is 32.2 Å². The molecule has 180 valence electrons. The third kappa shape index (κ3) is 8.19. The zero-order valence-corrected chi connectivity index (χ0v) is 22.0. The first-order chi connectivity index (χ1) is 15.1. The van der Waals surface area contributed by atoms with E-state index in [9.17, 15) is 4.79 Å². The van der Waals surface area contributed by atoms with E-state index >= 15 is 0 Å². The lowest BCUT2D eigenvalue weighted by Gasteiger charge is -2.31. The van der Waals surface area contributed by atoms with Gasteiger partial charge >= 0.3 is 0 Å². The Balaban J connectivity index is 0.00000363. The molecule has 1 aromatic carbocycles. The van der Waals surface area contributed by atoms with Gasteiger partial charge in [0.25, 0.3) is 0 Å². The number of halogens is 1. The van der Waals surface area contributed by atoms with E-state index < -0.39 is 0 Å². The second-order valence-electron chi connectivity index (χ2n) is 8.80. The number of guanidine groups is 1. The molecule has 7 nitrogen and oxygen atoms in total. The molecular weight excluding hydrogens is 515 g/mol. The Morgan fingerprint density at radius 2 is 1.94 bits per heavy atom. The zero-order chi connectivity index (χ0) is 22.1. The van der Waals surface area contributed by atoms with Crippen LogP contribution in [0.5, 0.6) is 0 Å². The van der Waals surface area contributed by atoms with E-state index in [1.807, 2.05) is 0 Å².